The van der Waals surface area contributed by atoms with Crippen LogP contribution in [-0.4, -0.2) is 26.4 Å². The Morgan fingerprint density at radius 3 is 2.69 bits per heavy atom. The number of aromatic nitrogens is 3. The Morgan fingerprint density at radius 2 is 1.91 bits per heavy atom. The molecular formula is C27H31N5. The van der Waals surface area contributed by atoms with Gasteiger partial charge in [-0.1, -0.05) is 42.0 Å². The number of allylic oxidation sites excluding steroid dienone is 3. The van der Waals surface area contributed by atoms with Crippen molar-refractivity contribution in [1.82, 2.24) is 19.9 Å². The first-order chi connectivity index (χ1) is 15.4. The van der Waals surface area contributed by atoms with Gasteiger partial charge in [0.25, 0.3) is 0 Å². The van der Waals surface area contributed by atoms with E-state index < -0.39 is 0 Å². The fourth-order valence-corrected chi connectivity index (χ4v) is 3.93. The summed E-state index contributed by atoms with van der Waals surface area (Å²) in [5.41, 5.74) is 9.41. The third-order valence-electron chi connectivity index (χ3n) is 5.97. The summed E-state index contributed by atoms with van der Waals surface area (Å²) in [6, 6.07) is 10.2. The van der Waals surface area contributed by atoms with Crippen molar-refractivity contribution in [1.29, 1.82) is 0 Å². The third-order valence-corrected chi connectivity index (χ3v) is 5.97. The lowest BCUT2D eigenvalue weighted by Gasteiger charge is -2.19. The van der Waals surface area contributed by atoms with Gasteiger partial charge in [0.05, 0.1) is 23.1 Å². The predicted octanol–water partition coefficient (Wildman–Crippen LogP) is 6.33. The molecule has 1 aliphatic heterocycles. The molecule has 0 saturated carbocycles. The van der Waals surface area contributed by atoms with E-state index in [0.717, 1.165) is 59.7 Å². The molecule has 0 radical (unpaired) electrons. The summed E-state index contributed by atoms with van der Waals surface area (Å²) in [6.07, 6.45) is 6.74. The highest BCUT2D eigenvalue weighted by molar-refractivity contribution is 5.82. The molecule has 4 rings (SSSR count). The zero-order valence-electron chi connectivity index (χ0n) is 19.4. The molecule has 3 heterocycles. The maximum absolute atomic E-state index is 4.57. The second-order valence-corrected chi connectivity index (χ2v) is 8.85. The smallest absolute Gasteiger partial charge is 0.138 e. The number of para-hydroxylation sites is 1. The number of benzene rings is 1. The number of anilines is 2. The Bertz CT molecular complexity index is 1220. The van der Waals surface area contributed by atoms with Crippen LogP contribution in [0.25, 0.3) is 10.9 Å². The number of fused-ring (bicyclic) bond motifs is 2. The summed E-state index contributed by atoms with van der Waals surface area (Å²) in [5, 5.41) is 4.58. The van der Waals surface area contributed by atoms with Gasteiger partial charge in [-0.2, -0.15) is 0 Å². The molecule has 0 bridgehead atoms. The van der Waals surface area contributed by atoms with Gasteiger partial charge in [0.2, 0.25) is 0 Å². The van der Waals surface area contributed by atoms with Crippen molar-refractivity contribution >= 4 is 22.4 Å². The van der Waals surface area contributed by atoms with Crippen molar-refractivity contribution in [3.63, 3.8) is 0 Å². The molecule has 0 unspecified atom stereocenters. The maximum Gasteiger partial charge on any atom is 0.138 e. The molecule has 1 aliphatic rings. The minimum absolute atomic E-state index is 0.819. The van der Waals surface area contributed by atoms with Crippen LogP contribution < -0.4 is 5.32 Å². The van der Waals surface area contributed by atoms with Crippen LogP contribution in [0, 0.1) is 0 Å². The SMILES string of the molecule is C=C(C)CC=C(CN1Cc2ncnc(Nc3cnc4ccccc4c3)c2C1)C(C)=C(C)C. The zero-order valence-corrected chi connectivity index (χ0v) is 19.4. The predicted molar refractivity (Wildman–Crippen MR) is 133 cm³/mol. The maximum atomic E-state index is 4.57. The number of hydrogen-bond donors (Lipinski definition) is 1. The van der Waals surface area contributed by atoms with Crippen molar-refractivity contribution in [3.05, 3.63) is 89.1 Å². The molecule has 1 N–H and O–H groups in total. The molecule has 32 heavy (non-hydrogen) atoms. The van der Waals surface area contributed by atoms with Crippen LogP contribution in [0.1, 0.15) is 45.4 Å². The lowest BCUT2D eigenvalue weighted by molar-refractivity contribution is 0.309. The Labute approximate surface area is 190 Å². The summed E-state index contributed by atoms with van der Waals surface area (Å²) >= 11 is 0. The zero-order chi connectivity index (χ0) is 22.7. The molecule has 3 aromatic rings. The molecule has 0 spiro atoms. The van der Waals surface area contributed by atoms with E-state index in [2.05, 4.69) is 77.7 Å². The van der Waals surface area contributed by atoms with Crippen molar-refractivity contribution in [2.45, 2.75) is 47.2 Å². The topological polar surface area (TPSA) is 53.9 Å². The molecule has 0 saturated heterocycles. The molecule has 1 aromatic carbocycles. The van der Waals surface area contributed by atoms with Crippen LogP contribution in [-0.2, 0) is 13.1 Å². The van der Waals surface area contributed by atoms with Crippen LogP contribution in [0.2, 0.25) is 0 Å². The van der Waals surface area contributed by atoms with Gasteiger partial charge in [0.1, 0.15) is 12.1 Å². The Hall–Kier alpha value is -3.31. The van der Waals surface area contributed by atoms with Crippen LogP contribution in [0.15, 0.2) is 77.8 Å². The van der Waals surface area contributed by atoms with E-state index in [1.165, 1.54) is 22.3 Å². The Morgan fingerprint density at radius 1 is 1.09 bits per heavy atom. The molecule has 2 aromatic heterocycles. The Kier molecular flexibility index (Phi) is 6.47. The molecule has 0 fully saturated rings. The number of nitrogens with one attached hydrogen (secondary N) is 1. The number of hydrogen-bond acceptors (Lipinski definition) is 5. The van der Waals surface area contributed by atoms with E-state index in [4.69, 9.17) is 0 Å². The van der Waals surface area contributed by atoms with E-state index in [1.54, 1.807) is 6.33 Å². The van der Waals surface area contributed by atoms with Crippen LogP contribution in [0.3, 0.4) is 0 Å². The number of pyridine rings is 1. The molecule has 164 valence electrons. The van der Waals surface area contributed by atoms with Crippen molar-refractivity contribution in [3.8, 4) is 0 Å². The molecule has 5 nitrogen and oxygen atoms in total. The second kappa shape index (κ2) is 9.45. The summed E-state index contributed by atoms with van der Waals surface area (Å²) < 4.78 is 0. The average molecular weight is 426 g/mol. The number of nitrogens with zero attached hydrogens (tertiary/aromatic N) is 4. The van der Waals surface area contributed by atoms with E-state index in [9.17, 15) is 0 Å². The fourth-order valence-electron chi connectivity index (χ4n) is 3.93. The highest BCUT2D eigenvalue weighted by Gasteiger charge is 2.25. The van der Waals surface area contributed by atoms with E-state index in [-0.39, 0.29) is 0 Å². The average Bonchev–Trinajstić information content (AvgIpc) is 3.19. The van der Waals surface area contributed by atoms with Crippen molar-refractivity contribution in [2.75, 3.05) is 11.9 Å². The largest absolute Gasteiger partial charge is 0.339 e. The lowest BCUT2D eigenvalue weighted by Crippen LogP contribution is -2.20. The lowest BCUT2D eigenvalue weighted by atomic mass is 10.0. The highest BCUT2D eigenvalue weighted by Crippen LogP contribution is 2.30. The van der Waals surface area contributed by atoms with Crippen molar-refractivity contribution in [2.24, 2.45) is 0 Å². The molecular weight excluding hydrogens is 394 g/mol. The molecule has 0 atom stereocenters. The second-order valence-electron chi connectivity index (χ2n) is 8.85. The molecule has 0 amide bonds. The van der Waals surface area contributed by atoms with Gasteiger partial charge >= 0.3 is 0 Å². The first kappa shape index (κ1) is 21.9. The fraction of sp³-hybridized carbons (Fsp3) is 0.296. The summed E-state index contributed by atoms with van der Waals surface area (Å²) in [7, 11) is 0. The van der Waals surface area contributed by atoms with E-state index in [1.807, 2.05) is 24.4 Å². The normalized spacial score (nSPS) is 13.8. The standard InChI is InChI=1S/C27H31N5/c1-18(2)10-11-22(20(5)19(3)4)14-32-15-24-26(16-32)29-17-30-27(24)31-23-12-21-8-6-7-9-25(21)28-13-23/h6-9,11-13,17H,1,10,14-16H2,2-5H3,(H,29,30,31). The number of rotatable bonds is 7. The third kappa shape index (κ3) is 4.94. The van der Waals surface area contributed by atoms with Crippen molar-refractivity contribution < 1.29 is 0 Å². The van der Waals surface area contributed by atoms with Gasteiger partial charge in [-0.05, 0) is 57.4 Å². The molecule has 0 aliphatic carbocycles. The summed E-state index contributed by atoms with van der Waals surface area (Å²) in [5.74, 6) is 0.862. The minimum atomic E-state index is 0.819. The summed E-state index contributed by atoms with van der Waals surface area (Å²) in [4.78, 5) is 16.1. The van der Waals surface area contributed by atoms with Crippen LogP contribution in [0.4, 0.5) is 11.5 Å². The van der Waals surface area contributed by atoms with Gasteiger partial charge < -0.3 is 5.32 Å². The first-order valence-corrected chi connectivity index (χ1v) is 11.1. The quantitative estimate of drug-likeness (QED) is 0.354. The summed E-state index contributed by atoms with van der Waals surface area (Å²) in [6.45, 7) is 15.2. The van der Waals surface area contributed by atoms with Gasteiger partial charge in [-0.15, -0.1) is 0 Å². The van der Waals surface area contributed by atoms with Gasteiger partial charge in [0, 0.05) is 30.6 Å². The minimum Gasteiger partial charge on any atom is -0.339 e. The molecule has 5 heteroatoms. The van der Waals surface area contributed by atoms with Crippen LogP contribution >= 0.6 is 0 Å². The highest BCUT2D eigenvalue weighted by atomic mass is 15.2. The van der Waals surface area contributed by atoms with E-state index >= 15 is 0 Å². The Balaban J connectivity index is 1.54. The van der Waals surface area contributed by atoms with Crippen LogP contribution in [0.5, 0.6) is 0 Å². The van der Waals surface area contributed by atoms with Gasteiger partial charge in [-0.3, -0.25) is 9.88 Å². The monoisotopic (exact) mass is 425 g/mol. The first-order valence-electron chi connectivity index (χ1n) is 11.1. The van der Waals surface area contributed by atoms with E-state index in [0.29, 0.717) is 0 Å². The van der Waals surface area contributed by atoms with Gasteiger partial charge in [0.15, 0.2) is 0 Å². The van der Waals surface area contributed by atoms with Gasteiger partial charge in [-0.25, -0.2) is 9.97 Å².